The molecule has 0 bridgehead atoms. The summed E-state index contributed by atoms with van der Waals surface area (Å²) in [5, 5.41) is 21.4. The van der Waals surface area contributed by atoms with Gasteiger partial charge in [0.2, 0.25) is 0 Å². The zero-order chi connectivity index (χ0) is 28.2. The van der Waals surface area contributed by atoms with Gasteiger partial charge in [-0.1, -0.05) is 24.3 Å². The molecule has 4 nitrogen and oxygen atoms in total. The summed E-state index contributed by atoms with van der Waals surface area (Å²) in [6, 6.07) is 19.5. The number of halogens is 2. The second-order valence-electron chi connectivity index (χ2n) is 9.93. The highest BCUT2D eigenvalue weighted by molar-refractivity contribution is 5.72. The van der Waals surface area contributed by atoms with Crippen LogP contribution < -0.4 is 0 Å². The molecule has 4 rings (SSSR count). The molecule has 0 atom stereocenters. The molecule has 0 spiro atoms. The topological polar surface area (TPSA) is 58.9 Å². The Kier molecular flexibility index (Phi) is 8.68. The highest BCUT2D eigenvalue weighted by atomic mass is 19.1. The number of aryl methyl sites for hydroxylation is 4. The third-order valence-corrected chi connectivity index (χ3v) is 7.47. The monoisotopic (exact) mass is 532 g/mol. The Morgan fingerprint density at radius 1 is 0.641 bits per heavy atom. The van der Waals surface area contributed by atoms with Crippen LogP contribution in [-0.4, -0.2) is 30.2 Å². The Hall–Kier alpha value is -3.74. The van der Waals surface area contributed by atoms with Gasteiger partial charge in [-0.2, -0.15) is 0 Å². The van der Waals surface area contributed by atoms with Gasteiger partial charge in [-0.3, -0.25) is 0 Å². The van der Waals surface area contributed by atoms with Gasteiger partial charge in [-0.15, -0.1) is 0 Å². The maximum atomic E-state index is 13.7. The summed E-state index contributed by atoms with van der Waals surface area (Å²) in [7, 11) is 3.22. The van der Waals surface area contributed by atoms with Gasteiger partial charge in [0, 0.05) is 38.2 Å². The fourth-order valence-corrected chi connectivity index (χ4v) is 5.06. The van der Waals surface area contributed by atoms with Gasteiger partial charge < -0.3 is 19.7 Å². The molecule has 0 aliphatic rings. The number of aromatic hydroxyl groups is 2. The molecule has 0 heterocycles. The SMILES string of the molecule is COC(CCc1cc(O)c(-c2cccc(F)c2)cc1C)(CCc1cc(O)c(-c2cccc(F)c2)cc1C)OC. The zero-order valence-corrected chi connectivity index (χ0v) is 22.7. The van der Waals surface area contributed by atoms with Crippen molar-refractivity contribution >= 4 is 0 Å². The van der Waals surface area contributed by atoms with Gasteiger partial charge in [0.1, 0.15) is 23.1 Å². The van der Waals surface area contributed by atoms with E-state index < -0.39 is 5.79 Å². The maximum absolute atomic E-state index is 13.7. The van der Waals surface area contributed by atoms with Gasteiger partial charge in [0.15, 0.2) is 5.79 Å². The van der Waals surface area contributed by atoms with E-state index in [1.54, 1.807) is 50.6 Å². The van der Waals surface area contributed by atoms with E-state index in [1.165, 1.54) is 24.3 Å². The van der Waals surface area contributed by atoms with E-state index in [4.69, 9.17) is 9.47 Å². The number of ether oxygens (including phenoxy) is 2. The number of hydrogen-bond acceptors (Lipinski definition) is 4. The predicted octanol–water partition coefficient (Wildman–Crippen LogP) is 7.88. The first kappa shape index (κ1) is 28.3. The molecule has 39 heavy (non-hydrogen) atoms. The molecule has 0 aromatic heterocycles. The van der Waals surface area contributed by atoms with Crippen LogP contribution in [0.3, 0.4) is 0 Å². The summed E-state index contributed by atoms with van der Waals surface area (Å²) in [6.07, 6.45) is 2.25. The molecule has 0 amide bonds. The van der Waals surface area contributed by atoms with Crippen LogP contribution >= 0.6 is 0 Å². The van der Waals surface area contributed by atoms with Crippen molar-refractivity contribution in [2.75, 3.05) is 14.2 Å². The minimum atomic E-state index is -0.882. The number of rotatable bonds is 10. The summed E-state index contributed by atoms with van der Waals surface area (Å²) < 4.78 is 39.1. The minimum Gasteiger partial charge on any atom is -0.507 e. The largest absolute Gasteiger partial charge is 0.507 e. The quantitative estimate of drug-likeness (QED) is 0.204. The first-order valence-electron chi connectivity index (χ1n) is 12.9. The van der Waals surface area contributed by atoms with Crippen LogP contribution in [0.2, 0.25) is 0 Å². The molecule has 4 aromatic rings. The smallest absolute Gasteiger partial charge is 0.168 e. The summed E-state index contributed by atoms with van der Waals surface area (Å²) in [5.74, 6) is -1.42. The molecular formula is C33H34F2O4. The van der Waals surface area contributed by atoms with Crippen molar-refractivity contribution in [3.8, 4) is 33.8 Å². The molecule has 0 fully saturated rings. The predicted molar refractivity (Wildman–Crippen MR) is 150 cm³/mol. The van der Waals surface area contributed by atoms with Crippen molar-refractivity contribution < 1.29 is 28.5 Å². The fourth-order valence-electron chi connectivity index (χ4n) is 5.06. The van der Waals surface area contributed by atoms with E-state index in [-0.39, 0.29) is 23.1 Å². The molecule has 0 unspecified atom stereocenters. The lowest BCUT2D eigenvalue weighted by Crippen LogP contribution is -2.35. The number of phenolic OH excluding ortho intramolecular Hbond substituents is 2. The Morgan fingerprint density at radius 3 is 1.41 bits per heavy atom. The molecule has 0 saturated heterocycles. The Balaban J connectivity index is 1.49. The zero-order valence-electron chi connectivity index (χ0n) is 22.7. The second kappa shape index (κ2) is 12.0. The molecule has 0 aliphatic heterocycles. The summed E-state index contributed by atoms with van der Waals surface area (Å²) in [5.41, 5.74) is 6.23. The minimum absolute atomic E-state index is 0.0890. The Bertz CT molecular complexity index is 1350. The summed E-state index contributed by atoms with van der Waals surface area (Å²) in [6.45, 7) is 3.93. The third kappa shape index (κ3) is 6.47. The number of methoxy groups -OCH3 is 2. The molecule has 0 radical (unpaired) electrons. The van der Waals surface area contributed by atoms with Crippen LogP contribution in [0.25, 0.3) is 22.3 Å². The molecule has 6 heteroatoms. The molecule has 4 aromatic carbocycles. The van der Waals surface area contributed by atoms with Crippen molar-refractivity contribution in [3.63, 3.8) is 0 Å². The van der Waals surface area contributed by atoms with E-state index >= 15 is 0 Å². The average molecular weight is 533 g/mol. The molecular weight excluding hydrogens is 498 g/mol. The molecule has 2 N–H and O–H groups in total. The van der Waals surface area contributed by atoms with Crippen molar-refractivity contribution in [1.82, 2.24) is 0 Å². The lowest BCUT2D eigenvalue weighted by Gasteiger charge is -2.32. The highest BCUT2D eigenvalue weighted by Gasteiger charge is 2.30. The van der Waals surface area contributed by atoms with Gasteiger partial charge in [-0.25, -0.2) is 8.78 Å². The standard InChI is InChI=1S/C33H34F2O4/c1-21-15-29(25-7-5-9-27(34)17-25)31(36)19-23(21)11-13-33(38-3,39-4)14-12-24-20-32(37)30(16-22(24)2)26-8-6-10-28(35)18-26/h5-10,15-20,36-37H,11-14H2,1-4H3. The van der Waals surface area contributed by atoms with Crippen LogP contribution in [0.15, 0.2) is 72.8 Å². The van der Waals surface area contributed by atoms with Crippen LogP contribution in [0.4, 0.5) is 8.78 Å². The normalized spacial score (nSPS) is 11.6. The Labute approximate surface area is 228 Å². The van der Waals surface area contributed by atoms with Gasteiger partial charge >= 0.3 is 0 Å². The van der Waals surface area contributed by atoms with Crippen LogP contribution in [0.1, 0.15) is 35.1 Å². The number of benzene rings is 4. The van der Waals surface area contributed by atoms with E-state index in [9.17, 15) is 19.0 Å². The maximum Gasteiger partial charge on any atom is 0.168 e. The summed E-state index contributed by atoms with van der Waals surface area (Å²) in [4.78, 5) is 0. The second-order valence-corrected chi connectivity index (χ2v) is 9.93. The fraction of sp³-hybridized carbons (Fsp3) is 0.273. The lowest BCUT2D eigenvalue weighted by molar-refractivity contribution is -0.214. The van der Waals surface area contributed by atoms with Crippen molar-refractivity contribution in [2.24, 2.45) is 0 Å². The van der Waals surface area contributed by atoms with Crippen molar-refractivity contribution in [1.29, 1.82) is 0 Å². The van der Waals surface area contributed by atoms with Crippen molar-refractivity contribution in [3.05, 3.63) is 107 Å². The Morgan fingerprint density at radius 2 is 1.05 bits per heavy atom. The van der Waals surface area contributed by atoms with Crippen LogP contribution in [0, 0.1) is 25.5 Å². The molecule has 204 valence electrons. The van der Waals surface area contributed by atoms with Gasteiger partial charge in [0.25, 0.3) is 0 Å². The van der Waals surface area contributed by atoms with Crippen LogP contribution in [-0.2, 0) is 22.3 Å². The van der Waals surface area contributed by atoms with Crippen LogP contribution in [0.5, 0.6) is 11.5 Å². The number of hydrogen-bond donors (Lipinski definition) is 2. The van der Waals surface area contributed by atoms with E-state index in [0.717, 1.165) is 22.3 Å². The van der Waals surface area contributed by atoms with E-state index in [0.29, 0.717) is 47.9 Å². The summed E-state index contributed by atoms with van der Waals surface area (Å²) >= 11 is 0. The first-order chi connectivity index (χ1) is 18.6. The highest BCUT2D eigenvalue weighted by Crippen LogP contribution is 2.36. The first-order valence-corrected chi connectivity index (χ1v) is 12.9. The number of phenols is 2. The molecule has 0 aliphatic carbocycles. The van der Waals surface area contributed by atoms with E-state index in [2.05, 4.69) is 0 Å². The van der Waals surface area contributed by atoms with Gasteiger partial charge in [-0.05, 0) is 109 Å². The third-order valence-electron chi connectivity index (χ3n) is 7.47. The van der Waals surface area contributed by atoms with Gasteiger partial charge in [0.05, 0.1) is 0 Å². The average Bonchev–Trinajstić information content (AvgIpc) is 2.92. The lowest BCUT2D eigenvalue weighted by atomic mass is 9.91. The van der Waals surface area contributed by atoms with Crippen molar-refractivity contribution in [2.45, 2.75) is 45.3 Å². The molecule has 0 saturated carbocycles. The van der Waals surface area contributed by atoms with E-state index in [1.807, 2.05) is 26.0 Å².